The number of rotatable bonds is 9. The lowest BCUT2D eigenvalue weighted by Crippen LogP contribution is -2.28. The molecule has 0 bridgehead atoms. The average molecular weight is 270 g/mol. The minimum atomic E-state index is 0.597. The maximum Gasteiger partial charge on any atom is 0.118 e. The Morgan fingerprint density at radius 2 is 2.28 bits per heavy atom. The van der Waals surface area contributed by atoms with Crippen molar-refractivity contribution in [1.82, 2.24) is 10.2 Å². The van der Waals surface area contributed by atoms with Crippen LogP contribution in [0.4, 0.5) is 0 Å². The van der Waals surface area contributed by atoms with Crippen LogP contribution in [-0.2, 0) is 13.1 Å². The van der Waals surface area contributed by atoms with Gasteiger partial charge in [0, 0.05) is 18.2 Å². The Kier molecular flexibility index (Phi) is 7.47. The lowest BCUT2D eigenvalue weighted by atomic mass is 10.2. The van der Waals surface area contributed by atoms with E-state index in [-0.39, 0.29) is 0 Å². The molecule has 4 heteroatoms. The van der Waals surface area contributed by atoms with Crippen LogP contribution >= 0.6 is 11.8 Å². The molecule has 1 rings (SSSR count). The molecule has 0 amide bonds. The zero-order valence-corrected chi connectivity index (χ0v) is 12.8. The first-order valence-corrected chi connectivity index (χ1v) is 8.03. The minimum absolute atomic E-state index is 0.597. The topological polar surface area (TPSA) is 28.4 Å². The van der Waals surface area contributed by atoms with E-state index >= 15 is 0 Å². The highest BCUT2D eigenvalue weighted by molar-refractivity contribution is 7.98. The highest BCUT2D eigenvalue weighted by atomic mass is 32.2. The summed E-state index contributed by atoms with van der Waals surface area (Å²) in [6.07, 6.45) is 5.24. The summed E-state index contributed by atoms with van der Waals surface area (Å²) in [4.78, 5) is 2.35. The molecule has 0 radical (unpaired) electrons. The fraction of sp³-hybridized carbons (Fsp3) is 0.714. The summed E-state index contributed by atoms with van der Waals surface area (Å²) in [6, 6.07) is 2.75. The molecule has 0 saturated heterocycles. The van der Waals surface area contributed by atoms with Gasteiger partial charge in [-0.05, 0) is 45.0 Å². The van der Waals surface area contributed by atoms with Crippen molar-refractivity contribution in [2.24, 2.45) is 0 Å². The van der Waals surface area contributed by atoms with E-state index in [2.05, 4.69) is 43.4 Å². The van der Waals surface area contributed by atoms with Crippen LogP contribution < -0.4 is 5.32 Å². The van der Waals surface area contributed by atoms with Crippen LogP contribution in [0.1, 0.15) is 31.6 Å². The van der Waals surface area contributed by atoms with E-state index in [1.165, 1.54) is 17.7 Å². The van der Waals surface area contributed by atoms with Crippen LogP contribution in [0, 0.1) is 0 Å². The van der Waals surface area contributed by atoms with Crippen molar-refractivity contribution >= 4 is 11.8 Å². The molecule has 0 aliphatic heterocycles. The van der Waals surface area contributed by atoms with Gasteiger partial charge in [-0.1, -0.05) is 6.92 Å². The molecule has 1 aromatic heterocycles. The maximum absolute atomic E-state index is 5.60. The van der Waals surface area contributed by atoms with E-state index in [1.54, 1.807) is 0 Å². The average Bonchev–Trinajstić information content (AvgIpc) is 2.80. The third-order valence-electron chi connectivity index (χ3n) is 3.18. The summed E-state index contributed by atoms with van der Waals surface area (Å²) in [5, 5.41) is 3.31. The van der Waals surface area contributed by atoms with Crippen LogP contribution in [0.15, 0.2) is 16.7 Å². The largest absolute Gasteiger partial charge is 0.468 e. The van der Waals surface area contributed by atoms with Gasteiger partial charge in [0.05, 0.1) is 12.8 Å². The molecule has 0 saturated carbocycles. The highest BCUT2D eigenvalue weighted by Gasteiger charge is 2.11. The Hall–Kier alpha value is -0.450. The predicted octanol–water partition coefficient (Wildman–Crippen LogP) is 2.96. The summed E-state index contributed by atoms with van der Waals surface area (Å²) in [6.45, 7) is 7.17. The van der Waals surface area contributed by atoms with Crippen molar-refractivity contribution in [3.8, 4) is 0 Å². The molecule has 1 unspecified atom stereocenters. The van der Waals surface area contributed by atoms with Gasteiger partial charge in [0.25, 0.3) is 0 Å². The summed E-state index contributed by atoms with van der Waals surface area (Å²) in [7, 11) is 2.16. The molecule has 0 fully saturated rings. The van der Waals surface area contributed by atoms with Gasteiger partial charge >= 0.3 is 0 Å². The third-order valence-corrected chi connectivity index (χ3v) is 3.83. The van der Waals surface area contributed by atoms with Gasteiger partial charge in [-0.3, -0.25) is 4.90 Å². The van der Waals surface area contributed by atoms with Gasteiger partial charge in [-0.15, -0.1) is 0 Å². The lowest BCUT2D eigenvalue weighted by Gasteiger charge is -2.23. The Labute approximate surface area is 115 Å². The van der Waals surface area contributed by atoms with Crippen LogP contribution in [0.25, 0.3) is 0 Å². The Morgan fingerprint density at radius 3 is 2.94 bits per heavy atom. The van der Waals surface area contributed by atoms with Crippen molar-refractivity contribution in [1.29, 1.82) is 0 Å². The fourth-order valence-corrected chi connectivity index (χ4v) is 2.36. The molecule has 1 N–H and O–H groups in total. The van der Waals surface area contributed by atoms with Crippen LogP contribution in [0.5, 0.6) is 0 Å². The zero-order chi connectivity index (χ0) is 13.4. The summed E-state index contributed by atoms with van der Waals surface area (Å²) < 4.78 is 5.60. The first-order chi connectivity index (χ1) is 8.67. The zero-order valence-electron chi connectivity index (χ0n) is 12.0. The number of furan rings is 1. The predicted molar refractivity (Wildman–Crippen MR) is 80.0 cm³/mol. The van der Waals surface area contributed by atoms with Crippen LogP contribution in [-0.4, -0.2) is 36.5 Å². The van der Waals surface area contributed by atoms with Crippen LogP contribution in [0.2, 0.25) is 0 Å². The normalized spacial score (nSPS) is 13.2. The highest BCUT2D eigenvalue weighted by Crippen LogP contribution is 2.13. The van der Waals surface area contributed by atoms with Gasteiger partial charge in [0.15, 0.2) is 0 Å². The fourth-order valence-electron chi connectivity index (χ4n) is 1.78. The van der Waals surface area contributed by atoms with Crippen LogP contribution in [0.3, 0.4) is 0 Å². The molecule has 104 valence electrons. The first-order valence-electron chi connectivity index (χ1n) is 6.63. The molecule has 0 aliphatic carbocycles. The van der Waals surface area contributed by atoms with Gasteiger partial charge < -0.3 is 9.73 Å². The Balaban J connectivity index is 2.38. The molecule has 18 heavy (non-hydrogen) atoms. The monoisotopic (exact) mass is 270 g/mol. The van der Waals surface area contributed by atoms with Crippen molar-refractivity contribution in [3.05, 3.63) is 23.7 Å². The summed E-state index contributed by atoms with van der Waals surface area (Å²) in [5.41, 5.74) is 1.23. The van der Waals surface area contributed by atoms with E-state index in [1.807, 2.05) is 18.0 Å². The second-order valence-electron chi connectivity index (χ2n) is 4.75. The standard InChI is InChI=1S/C14H26N2OS/c1-5-15-9-13-8-14(17-11-13)10-16(3)12(2)6-7-18-4/h8,11-12,15H,5-7,9-10H2,1-4H3. The smallest absolute Gasteiger partial charge is 0.118 e. The second-order valence-corrected chi connectivity index (χ2v) is 5.73. The SMILES string of the molecule is CCNCc1coc(CN(C)C(C)CCSC)c1. The number of nitrogens with zero attached hydrogens (tertiary/aromatic N) is 1. The van der Waals surface area contributed by atoms with E-state index in [0.717, 1.165) is 25.4 Å². The molecular formula is C14H26N2OS. The van der Waals surface area contributed by atoms with E-state index in [4.69, 9.17) is 4.42 Å². The summed E-state index contributed by atoms with van der Waals surface area (Å²) >= 11 is 1.91. The Morgan fingerprint density at radius 1 is 1.50 bits per heavy atom. The number of thioether (sulfide) groups is 1. The Bertz CT molecular complexity index is 327. The van der Waals surface area contributed by atoms with E-state index in [0.29, 0.717) is 6.04 Å². The number of hydrogen-bond donors (Lipinski definition) is 1. The lowest BCUT2D eigenvalue weighted by molar-refractivity contribution is 0.226. The van der Waals surface area contributed by atoms with Gasteiger partial charge in [-0.25, -0.2) is 0 Å². The molecular weight excluding hydrogens is 244 g/mol. The van der Waals surface area contributed by atoms with Crippen molar-refractivity contribution in [2.45, 2.75) is 39.4 Å². The third kappa shape index (κ3) is 5.46. The van der Waals surface area contributed by atoms with Crippen molar-refractivity contribution in [2.75, 3.05) is 25.6 Å². The first kappa shape index (κ1) is 15.6. The van der Waals surface area contributed by atoms with E-state index < -0.39 is 0 Å². The molecule has 0 aromatic carbocycles. The molecule has 1 aromatic rings. The molecule has 0 aliphatic rings. The van der Waals surface area contributed by atoms with Crippen molar-refractivity contribution in [3.63, 3.8) is 0 Å². The van der Waals surface area contributed by atoms with Crippen molar-refractivity contribution < 1.29 is 4.42 Å². The molecule has 1 heterocycles. The molecule has 0 spiro atoms. The quantitative estimate of drug-likeness (QED) is 0.747. The van der Waals surface area contributed by atoms with E-state index in [9.17, 15) is 0 Å². The second kappa shape index (κ2) is 8.62. The number of nitrogens with one attached hydrogen (secondary N) is 1. The maximum atomic E-state index is 5.60. The van der Waals surface area contributed by atoms with Gasteiger partial charge in [-0.2, -0.15) is 11.8 Å². The molecule has 3 nitrogen and oxygen atoms in total. The van der Waals surface area contributed by atoms with Gasteiger partial charge in [0.1, 0.15) is 5.76 Å². The molecule has 1 atom stereocenters. The van der Waals surface area contributed by atoms with Gasteiger partial charge in [0.2, 0.25) is 0 Å². The number of hydrogen-bond acceptors (Lipinski definition) is 4. The summed E-state index contributed by atoms with van der Waals surface area (Å²) in [5.74, 6) is 2.27. The minimum Gasteiger partial charge on any atom is -0.468 e.